The minimum absolute atomic E-state index is 0.0476. The van der Waals surface area contributed by atoms with E-state index in [1.165, 1.54) is 19.3 Å². The highest BCUT2D eigenvalue weighted by atomic mass is 16.1. The lowest BCUT2D eigenvalue weighted by Gasteiger charge is -2.21. The lowest BCUT2D eigenvalue weighted by atomic mass is 9.94. The number of hydrogen-bond donors (Lipinski definition) is 2. The summed E-state index contributed by atoms with van der Waals surface area (Å²) in [5, 5.41) is 3.05. The van der Waals surface area contributed by atoms with E-state index in [0.29, 0.717) is 12.5 Å². The minimum Gasteiger partial charge on any atom is -0.353 e. The van der Waals surface area contributed by atoms with Crippen LogP contribution < -0.4 is 11.1 Å². The van der Waals surface area contributed by atoms with Crippen molar-refractivity contribution in [2.24, 2.45) is 17.6 Å². The first kappa shape index (κ1) is 15.4. The second-order valence-electron chi connectivity index (χ2n) is 4.99. The van der Waals surface area contributed by atoms with Crippen LogP contribution >= 0.6 is 0 Å². The van der Waals surface area contributed by atoms with Crippen LogP contribution in [0.4, 0.5) is 0 Å². The number of amides is 1. The van der Waals surface area contributed by atoms with Gasteiger partial charge in [0.1, 0.15) is 0 Å². The third-order valence-corrected chi connectivity index (χ3v) is 3.02. The van der Waals surface area contributed by atoms with Gasteiger partial charge in [-0.1, -0.05) is 40.0 Å². The Hall–Kier alpha value is -0.570. The van der Waals surface area contributed by atoms with Crippen LogP contribution in [0.2, 0.25) is 0 Å². The number of carbonyl (C=O) groups excluding carboxylic acids is 1. The van der Waals surface area contributed by atoms with Crippen molar-refractivity contribution < 1.29 is 4.79 Å². The molecule has 0 aromatic heterocycles. The molecule has 0 aliphatic carbocycles. The Morgan fingerprint density at radius 3 is 2.31 bits per heavy atom. The monoisotopic (exact) mass is 228 g/mol. The highest BCUT2D eigenvalue weighted by Gasteiger charge is 2.21. The molecule has 0 heterocycles. The number of rotatable bonds is 8. The second-order valence-corrected chi connectivity index (χ2v) is 4.99. The molecule has 0 spiro atoms. The quantitative estimate of drug-likeness (QED) is 0.626. The Kier molecular flexibility index (Phi) is 8.26. The van der Waals surface area contributed by atoms with E-state index in [2.05, 4.69) is 19.2 Å². The summed E-state index contributed by atoms with van der Waals surface area (Å²) in [5.74, 6) is 0.378. The number of unbranched alkanes of at least 4 members (excludes halogenated alkanes) is 2. The highest BCUT2D eigenvalue weighted by Crippen LogP contribution is 2.10. The van der Waals surface area contributed by atoms with Crippen LogP contribution in [0.15, 0.2) is 0 Å². The van der Waals surface area contributed by atoms with Gasteiger partial charge in [0.05, 0.1) is 5.92 Å². The van der Waals surface area contributed by atoms with Crippen molar-refractivity contribution in [1.82, 2.24) is 5.32 Å². The molecule has 3 nitrogen and oxygen atoms in total. The normalized spacial score (nSPS) is 14.9. The first-order chi connectivity index (χ1) is 7.52. The van der Waals surface area contributed by atoms with Crippen LogP contribution in [0.3, 0.4) is 0 Å². The average Bonchev–Trinajstić information content (AvgIpc) is 2.18. The standard InChI is InChI=1S/C13H28N2O/c1-5-6-7-8-11(4)15-13(16)12(9-14)10(2)3/h10-12H,5-9,14H2,1-4H3,(H,15,16). The van der Waals surface area contributed by atoms with Crippen molar-refractivity contribution >= 4 is 5.91 Å². The predicted molar refractivity (Wildman–Crippen MR) is 69.1 cm³/mol. The van der Waals surface area contributed by atoms with Gasteiger partial charge >= 0.3 is 0 Å². The SMILES string of the molecule is CCCCCC(C)NC(=O)C(CN)C(C)C. The Morgan fingerprint density at radius 1 is 1.25 bits per heavy atom. The van der Waals surface area contributed by atoms with Crippen LogP contribution in [-0.4, -0.2) is 18.5 Å². The van der Waals surface area contributed by atoms with Gasteiger partial charge in [-0.15, -0.1) is 0 Å². The predicted octanol–water partition coefficient (Wildman–Crippen LogP) is 2.30. The van der Waals surface area contributed by atoms with E-state index in [-0.39, 0.29) is 17.9 Å². The fourth-order valence-electron chi connectivity index (χ4n) is 1.80. The fourth-order valence-corrected chi connectivity index (χ4v) is 1.80. The molecule has 0 fully saturated rings. The molecule has 3 heteroatoms. The van der Waals surface area contributed by atoms with E-state index in [4.69, 9.17) is 5.73 Å². The molecule has 1 amide bonds. The van der Waals surface area contributed by atoms with Gasteiger partial charge in [-0.3, -0.25) is 4.79 Å². The molecular weight excluding hydrogens is 200 g/mol. The number of hydrogen-bond acceptors (Lipinski definition) is 2. The molecule has 0 aliphatic heterocycles. The van der Waals surface area contributed by atoms with Crippen molar-refractivity contribution in [3.63, 3.8) is 0 Å². The van der Waals surface area contributed by atoms with Crippen LogP contribution in [0.1, 0.15) is 53.4 Å². The number of nitrogens with two attached hydrogens (primary N) is 1. The summed E-state index contributed by atoms with van der Waals surface area (Å²) >= 11 is 0. The molecule has 0 aliphatic rings. The zero-order chi connectivity index (χ0) is 12.6. The number of nitrogens with one attached hydrogen (secondary N) is 1. The van der Waals surface area contributed by atoms with E-state index in [9.17, 15) is 4.79 Å². The molecule has 0 saturated carbocycles. The average molecular weight is 228 g/mol. The summed E-state index contributed by atoms with van der Waals surface area (Å²) in [5.41, 5.74) is 5.61. The van der Waals surface area contributed by atoms with E-state index < -0.39 is 0 Å². The Labute approximate surface area is 100 Å². The summed E-state index contributed by atoms with van der Waals surface area (Å²) in [6.07, 6.45) is 4.71. The van der Waals surface area contributed by atoms with Crippen LogP contribution in [-0.2, 0) is 4.79 Å². The Bertz CT molecular complexity index is 192. The van der Waals surface area contributed by atoms with Gasteiger partial charge in [-0.05, 0) is 19.3 Å². The van der Waals surface area contributed by atoms with Crippen molar-refractivity contribution in [1.29, 1.82) is 0 Å². The maximum Gasteiger partial charge on any atom is 0.224 e. The van der Waals surface area contributed by atoms with E-state index in [1.54, 1.807) is 0 Å². The zero-order valence-corrected chi connectivity index (χ0v) is 11.3. The lowest BCUT2D eigenvalue weighted by Crippen LogP contribution is -2.42. The summed E-state index contributed by atoms with van der Waals surface area (Å²) in [6, 6.07) is 0.270. The molecule has 0 saturated heterocycles. The van der Waals surface area contributed by atoms with E-state index in [0.717, 1.165) is 6.42 Å². The van der Waals surface area contributed by atoms with Crippen LogP contribution in [0, 0.1) is 11.8 Å². The maximum atomic E-state index is 11.9. The zero-order valence-electron chi connectivity index (χ0n) is 11.3. The fraction of sp³-hybridized carbons (Fsp3) is 0.923. The van der Waals surface area contributed by atoms with Gasteiger partial charge in [-0.25, -0.2) is 0 Å². The molecule has 0 aromatic rings. The molecule has 0 rings (SSSR count). The molecule has 16 heavy (non-hydrogen) atoms. The molecule has 0 bridgehead atoms. The van der Waals surface area contributed by atoms with Gasteiger partial charge < -0.3 is 11.1 Å². The van der Waals surface area contributed by atoms with Crippen molar-refractivity contribution in [3.05, 3.63) is 0 Å². The van der Waals surface area contributed by atoms with Crippen LogP contribution in [0.5, 0.6) is 0 Å². The summed E-state index contributed by atoms with van der Waals surface area (Å²) < 4.78 is 0. The summed E-state index contributed by atoms with van der Waals surface area (Å²) in [7, 11) is 0. The van der Waals surface area contributed by atoms with E-state index >= 15 is 0 Å². The van der Waals surface area contributed by atoms with Gasteiger partial charge in [0, 0.05) is 12.6 Å². The molecule has 3 N–H and O–H groups in total. The van der Waals surface area contributed by atoms with Gasteiger partial charge in [-0.2, -0.15) is 0 Å². The molecule has 0 radical (unpaired) electrons. The summed E-state index contributed by atoms with van der Waals surface area (Å²) in [6.45, 7) is 8.77. The topological polar surface area (TPSA) is 55.1 Å². The summed E-state index contributed by atoms with van der Waals surface area (Å²) in [4.78, 5) is 11.9. The smallest absolute Gasteiger partial charge is 0.224 e. The second kappa shape index (κ2) is 8.57. The number of carbonyl (C=O) groups is 1. The molecule has 0 aromatic carbocycles. The first-order valence-electron chi connectivity index (χ1n) is 6.53. The van der Waals surface area contributed by atoms with Crippen molar-refractivity contribution in [3.8, 4) is 0 Å². The molecule has 2 unspecified atom stereocenters. The van der Waals surface area contributed by atoms with Crippen molar-refractivity contribution in [2.45, 2.75) is 59.4 Å². The molecular formula is C13H28N2O. The third kappa shape index (κ3) is 6.11. The van der Waals surface area contributed by atoms with E-state index in [1.807, 2.05) is 13.8 Å². The Balaban J connectivity index is 3.92. The van der Waals surface area contributed by atoms with Crippen molar-refractivity contribution in [2.75, 3.05) is 6.54 Å². The van der Waals surface area contributed by atoms with Gasteiger partial charge in [0.2, 0.25) is 5.91 Å². The molecule has 2 atom stereocenters. The van der Waals surface area contributed by atoms with Gasteiger partial charge in [0.25, 0.3) is 0 Å². The van der Waals surface area contributed by atoms with Gasteiger partial charge in [0.15, 0.2) is 0 Å². The highest BCUT2D eigenvalue weighted by molar-refractivity contribution is 5.79. The third-order valence-electron chi connectivity index (χ3n) is 3.02. The maximum absolute atomic E-state index is 11.9. The molecule has 96 valence electrons. The Morgan fingerprint density at radius 2 is 1.88 bits per heavy atom. The lowest BCUT2D eigenvalue weighted by molar-refractivity contribution is -0.126. The largest absolute Gasteiger partial charge is 0.353 e. The van der Waals surface area contributed by atoms with Crippen LogP contribution in [0.25, 0.3) is 0 Å². The first-order valence-corrected chi connectivity index (χ1v) is 6.53. The minimum atomic E-state index is -0.0476.